The number of thiazole rings is 1. The molecule has 5 nitrogen and oxygen atoms in total. The predicted molar refractivity (Wildman–Crippen MR) is 93.4 cm³/mol. The molecule has 0 fully saturated rings. The number of hydrogen-bond acceptors (Lipinski definition) is 6. The van der Waals surface area contributed by atoms with Crippen molar-refractivity contribution in [2.75, 3.05) is 5.32 Å². The van der Waals surface area contributed by atoms with Gasteiger partial charge in [0.2, 0.25) is 11.0 Å². The number of aromatic nitrogens is 3. The van der Waals surface area contributed by atoms with Crippen LogP contribution in [0.1, 0.15) is 21.3 Å². The Morgan fingerprint density at radius 3 is 2.96 bits per heavy atom. The fourth-order valence-corrected chi connectivity index (χ4v) is 3.66. The van der Waals surface area contributed by atoms with Crippen LogP contribution in [0.3, 0.4) is 0 Å². The Balaban J connectivity index is 1.59. The van der Waals surface area contributed by atoms with E-state index in [-0.39, 0.29) is 12.3 Å². The van der Waals surface area contributed by atoms with Crippen molar-refractivity contribution in [3.8, 4) is 0 Å². The van der Waals surface area contributed by atoms with Crippen LogP contribution < -0.4 is 5.32 Å². The van der Waals surface area contributed by atoms with E-state index in [0.29, 0.717) is 16.6 Å². The number of benzene rings is 1. The van der Waals surface area contributed by atoms with Crippen LogP contribution in [0.2, 0.25) is 5.02 Å². The van der Waals surface area contributed by atoms with Gasteiger partial charge < -0.3 is 5.32 Å². The van der Waals surface area contributed by atoms with E-state index in [1.165, 1.54) is 11.3 Å². The molecule has 1 amide bonds. The molecule has 2 aromatic heterocycles. The Morgan fingerprint density at radius 2 is 2.22 bits per heavy atom. The molecule has 3 rings (SSSR count). The van der Waals surface area contributed by atoms with Gasteiger partial charge in [-0.3, -0.25) is 4.79 Å². The molecule has 1 N–H and O–H groups in total. The minimum absolute atomic E-state index is 0.138. The number of amides is 1. The van der Waals surface area contributed by atoms with E-state index in [2.05, 4.69) is 20.5 Å². The third-order valence-electron chi connectivity index (χ3n) is 2.96. The van der Waals surface area contributed by atoms with E-state index in [9.17, 15) is 4.79 Å². The molecule has 0 saturated carbocycles. The average molecular weight is 365 g/mol. The molecule has 0 bridgehead atoms. The number of carbonyl (C=O) groups is 1. The molecule has 0 spiro atoms. The fourth-order valence-electron chi connectivity index (χ4n) is 2.01. The second kappa shape index (κ2) is 7.16. The number of halogens is 1. The van der Waals surface area contributed by atoms with E-state index in [0.717, 1.165) is 21.3 Å². The highest BCUT2D eigenvalue weighted by Crippen LogP contribution is 2.19. The minimum Gasteiger partial charge on any atom is -0.300 e. The number of rotatable bonds is 5. The topological polar surface area (TPSA) is 67.8 Å². The highest BCUT2D eigenvalue weighted by molar-refractivity contribution is 7.15. The fraction of sp³-hybridized carbons (Fsp3) is 0.200. The molecule has 0 aliphatic carbocycles. The summed E-state index contributed by atoms with van der Waals surface area (Å²) in [5.74, 6) is -0.138. The lowest BCUT2D eigenvalue weighted by Gasteiger charge is -1.99. The molecule has 0 atom stereocenters. The second-order valence-corrected chi connectivity index (χ2v) is 7.45. The minimum atomic E-state index is -0.138. The zero-order valence-electron chi connectivity index (χ0n) is 12.2. The van der Waals surface area contributed by atoms with Crippen molar-refractivity contribution in [2.45, 2.75) is 19.8 Å². The summed E-state index contributed by atoms with van der Waals surface area (Å²) in [5.41, 5.74) is 1.86. The van der Waals surface area contributed by atoms with Crippen molar-refractivity contribution < 1.29 is 4.79 Å². The van der Waals surface area contributed by atoms with E-state index >= 15 is 0 Å². The molecule has 118 valence electrons. The van der Waals surface area contributed by atoms with Crippen molar-refractivity contribution in [3.05, 3.63) is 55.9 Å². The summed E-state index contributed by atoms with van der Waals surface area (Å²) < 4.78 is 0. The standard InChI is InChI=1S/C15H13ClN4OS2/c1-9-19-20-15(23-9)18-13(21)7-12-8-22-14(17-12)6-10-3-2-4-11(16)5-10/h2-5,8H,6-7H2,1H3,(H,18,20,21). The van der Waals surface area contributed by atoms with Gasteiger partial charge in [0.15, 0.2) is 0 Å². The van der Waals surface area contributed by atoms with Crippen LogP contribution in [-0.2, 0) is 17.6 Å². The van der Waals surface area contributed by atoms with E-state index in [4.69, 9.17) is 11.6 Å². The summed E-state index contributed by atoms with van der Waals surface area (Å²) in [6, 6.07) is 7.70. The summed E-state index contributed by atoms with van der Waals surface area (Å²) in [6.45, 7) is 1.84. The number of nitrogens with one attached hydrogen (secondary N) is 1. The van der Waals surface area contributed by atoms with E-state index in [1.54, 1.807) is 11.3 Å². The number of nitrogens with zero attached hydrogens (tertiary/aromatic N) is 3. The summed E-state index contributed by atoms with van der Waals surface area (Å²) in [7, 11) is 0. The van der Waals surface area contributed by atoms with Crippen molar-refractivity contribution >= 4 is 45.3 Å². The molecule has 23 heavy (non-hydrogen) atoms. The van der Waals surface area contributed by atoms with Crippen LogP contribution in [0.4, 0.5) is 5.13 Å². The monoisotopic (exact) mass is 364 g/mol. The van der Waals surface area contributed by atoms with Crippen LogP contribution in [0, 0.1) is 6.92 Å². The van der Waals surface area contributed by atoms with Crippen LogP contribution in [0.15, 0.2) is 29.6 Å². The Kier molecular flexibility index (Phi) is 5.00. The van der Waals surface area contributed by atoms with Crippen LogP contribution in [0.25, 0.3) is 0 Å². The van der Waals surface area contributed by atoms with Crippen LogP contribution in [-0.4, -0.2) is 21.1 Å². The third-order valence-corrected chi connectivity index (χ3v) is 4.84. The molecule has 0 aliphatic heterocycles. The van der Waals surface area contributed by atoms with Gasteiger partial charge >= 0.3 is 0 Å². The third kappa shape index (κ3) is 4.57. The van der Waals surface area contributed by atoms with Crippen LogP contribution >= 0.6 is 34.3 Å². The number of anilines is 1. The van der Waals surface area contributed by atoms with Crippen molar-refractivity contribution in [3.63, 3.8) is 0 Å². The van der Waals surface area contributed by atoms with Gasteiger partial charge in [0.05, 0.1) is 17.1 Å². The molecule has 0 radical (unpaired) electrons. The summed E-state index contributed by atoms with van der Waals surface area (Å²) in [6.07, 6.45) is 0.938. The van der Waals surface area contributed by atoms with Crippen molar-refractivity contribution in [1.82, 2.24) is 15.2 Å². The Bertz CT molecular complexity index is 830. The molecule has 0 saturated heterocycles. The lowest BCUT2D eigenvalue weighted by Crippen LogP contribution is -2.14. The van der Waals surface area contributed by atoms with Gasteiger partial charge in [0.1, 0.15) is 5.01 Å². The predicted octanol–water partition coefficient (Wildman–Crippen LogP) is 3.73. The number of hydrogen-bond donors (Lipinski definition) is 1. The van der Waals surface area contributed by atoms with Crippen molar-refractivity contribution in [1.29, 1.82) is 0 Å². The zero-order chi connectivity index (χ0) is 16.2. The summed E-state index contributed by atoms with van der Waals surface area (Å²) in [4.78, 5) is 16.5. The maximum atomic E-state index is 12.0. The Hall–Kier alpha value is -1.83. The molecule has 2 heterocycles. The lowest BCUT2D eigenvalue weighted by atomic mass is 10.2. The molecule has 0 aliphatic rings. The van der Waals surface area contributed by atoms with E-state index < -0.39 is 0 Å². The molecule has 3 aromatic rings. The maximum absolute atomic E-state index is 12.0. The van der Waals surface area contributed by atoms with Gasteiger partial charge in [-0.15, -0.1) is 21.5 Å². The van der Waals surface area contributed by atoms with Gasteiger partial charge in [-0.1, -0.05) is 35.1 Å². The van der Waals surface area contributed by atoms with Crippen LogP contribution in [0.5, 0.6) is 0 Å². The molecular weight excluding hydrogens is 352 g/mol. The largest absolute Gasteiger partial charge is 0.300 e. The first-order valence-corrected chi connectivity index (χ1v) is 8.93. The van der Waals surface area contributed by atoms with Gasteiger partial charge in [-0.05, 0) is 24.6 Å². The first kappa shape index (κ1) is 16.0. The van der Waals surface area contributed by atoms with Gasteiger partial charge in [0, 0.05) is 16.8 Å². The summed E-state index contributed by atoms with van der Waals surface area (Å²) >= 11 is 8.88. The SMILES string of the molecule is Cc1nnc(NC(=O)Cc2csc(Cc3cccc(Cl)c3)n2)s1. The van der Waals surface area contributed by atoms with Gasteiger partial charge in [0.25, 0.3) is 0 Å². The van der Waals surface area contributed by atoms with Crippen molar-refractivity contribution in [2.24, 2.45) is 0 Å². The molecule has 0 unspecified atom stereocenters. The number of carbonyl (C=O) groups excluding carboxylic acids is 1. The normalized spacial score (nSPS) is 10.7. The van der Waals surface area contributed by atoms with Gasteiger partial charge in [-0.2, -0.15) is 0 Å². The molecular formula is C15H13ClN4OS2. The van der Waals surface area contributed by atoms with Gasteiger partial charge in [-0.25, -0.2) is 4.98 Å². The maximum Gasteiger partial charge on any atom is 0.232 e. The highest BCUT2D eigenvalue weighted by Gasteiger charge is 2.10. The molecule has 1 aromatic carbocycles. The number of aryl methyl sites for hydroxylation is 1. The highest BCUT2D eigenvalue weighted by atomic mass is 35.5. The quantitative estimate of drug-likeness (QED) is 0.749. The summed E-state index contributed by atoms with van der Waals surface area (Å²) in [5, 5.41) is 15.4. The first-order valence-electron chi connectivity index (χ1n) is 6.86. The lowest BCUT2D eigenvalue weighted by molar-refractivity contribution is -0.115. The Labute approximate surface area is 146 Å². The average Bonchev–Trinajstić information content (AvgIpc) is 3.08. The second-order valence-electron chi connectivity index (χ2n) is 4.89. The Morgan fingerprint density at radius 1 is 1.35 bits per heavy atom. The molecule has 8 heteroatoms. The zero-order valence-corrected chi connectivity index (χ0v) is 14.6. The van der Waals surface area contributed by atoms with E-state index in [1.807, 2.05) is 36.6 Å². The first-order chi connectivity index (χ1) is 11.1. The smallest absolute Gasteiger partial charge is 0.232 e.